The van der Waals surface area contributed by atoms with E-state index >= 15 is 0 Å². The minimum Gasteiger partial charge on any atom is -0.497 e. The van der Waals surface area contributed by atoms with Gasteiger partial charge in [-0.05, 0) is 42.0 Å². The van der Waals surface area contributed by atoms with Crippen LogP contribution in [0.25, 0.3) is 6.08 Å². The molecule has 1 aliphatic rings. The van der Waals surface area contributed by atoms with E-state index in [0.29, 0.717) is 43.5 Å². The minimum absolute atomic E-state index is 0.128. The SMILES string of the molecule is COc1cc(/C=C/C(=O)Nc2cccc(S(=O)(=O)N3CCOCC3)c2)cc(OC)c1. The molecule has 1 N–H and O–H groups in total. The molecule has 1 amide bonds. The summed E-state index contributed by atoms with van der Waals surface area (Å²) in [5.41, 5.74) is 1.12. The van der Waals surface area contributed by atoms with Crippen molar-refractivity contribution in [3.63, 3.8) is 0 Å². The average molecular weight is 432 g/mol. The van der Waals surface area contributed by atoms with Crippen molar-refractivity contribution in [2.45, 2.75) is 4.90 Å². The maximum absolute atomic E-state index is 12.8. The van der Waals surface area contributed by atoms with Crippen LogP contribution in [-0.2, 0) is 19.6 Å². The first kappa shape index (κ1) is 21.8. The summed E-state index contributed by atoms with van der Waals surface area (Å²) in [5.74, 6) is 0.823. The van der Waals surface area contributed by atoms with Crippen molar-refractivity contribution in [2.75, 3.05) is 45.8 Å². The quantitative estimate of drug-likeness (QED) is 0.675. The van der Waals surface area contributed by atoms with Crippen LogP contribution in [0.15, 0.2) is 53.4 Å². The van der Waals surface area contributed by atoms with E-state index in [0.717, 1.165) is 5.56 Å². The first-order valence-electron chi connectivity index (χ1n) is 9.32. The van der Waals surface area contributed by atoms with Gasteiger partial charge in [0, 0.05) is 30.9 Å². The maximum Gasteiger partial charge on any atom is 0.248 e. The third-order valence-electron chi connectivity index (χ3n) is 4.51. The molecule has 0 aliphatic carbocycles. The van der Waals surface area contributed by atoms with E-state index < -0.39 is 15.9 Å². The summed E-state index contributed by atoms with van der Waals surface area (Å²) in [7, 11) is -0.538. The Bertz CT molecular complexity index is 1010. The Morgan fingerprint density at radius 1 is 1.07 bits per heavy atom. The van der Waals surface area contributed by atoms with E-state index in [1.807, 2.05) is 0 Å². The summed E-state index contributed by atoms with van der Waals surface area (Å²) in [4.78, 5) is 12.4. The fraction of sp³-hybridized carbons (Fsp3) is 0.286. The predicted molar refractivity (Wildman–Crippen MR) is 113 cm³/mol. The molecular formula is C21H24N2O6S. The topological polar surface area (TPSA) is 94.2 Å². The number of carbonyl (C=O) groups excluding carboxylic acids is 1. The number of hydrogen-bond acceptors (Lipinski definition) is 6. The van der Waals surface area contributed by atoms with Gasteiger partial charge >= 0.3 is 0 Å². The molecule has 0 unspecified atom stereocenters. The van der Waals surface area contributed by atoms with Gasteiger partial charge in [0.2, 0.25) is 15.9 Å². The van der Waals surface area contributed by atoms with Crippen molar-refractivity contribution >= 4 is 27.7 Å². The normalized spacial score (nSPS) is 15.1. The molecule has 1 fully saturated rings. The maximum atomic E-state index is 12.8. The van der Waals surface area contributed by atoms with Gasteiger partial charge in [0.25, 0.3) is 0 Å². The first-order chi connectivity index (χ1) is 14.4. The number of morpholine rings is 1. The molecule has 0 saturated carbocycles. The van der Waals surface area contributed by atoms with E-state index in [1.165, 1.54) is 22.5 Å². The van der Waals surface area contributed by atoms with Gasteiger partial charge in [-0.2, -0.15) is 4.31 Å². The van der Waals surface area contributed by atoms with Gasteiger partial charge in [-0.3, -0.25) is 4.79 Å². The molecule has 3 rings (SSSR count). The number of anilines is 1. The number of amides is 1. The molecule has 160 valence electrons. The van der Waals surface area contributed by atoms with Crippen molar-refractivity contribution in [1.29, 1.82) is 0 Å². The molecule has 2 aromatic carbocycles. The van der Waals surface area contributed by atoms with Crippen LogP contribution in [0.4, 0.5) is 5.69 Å². The average Bonchev–Trinajstić information content (AvgIpc) is 2.78. The number of carbonyl (C=O) groups is 1. The first-order valence-corrected chi connectivity index (χ1v) is 10.8. The molecule has 0 bridgehead atoms. The van der Waals surface area contributed by atoms with Gasteiger partial charge < -0.3 is 19.5 Å². The zero-order chi connectivity index (χ0) is 21.6. The Morgan fingerprint density at radius 2 is 1.73 bits per heavy atom. The van der Waals surface area contributed by atoms with Crippen LogP contribution in [0, 0.1) is 0 Å². The molecular weight excluding hydrogens is 408 g/mol. The lowest BCUT2D eigenvalue weighted by Gasteiger charge is -2.26. The highest BCUT2D eigenvalue weighted by Gasteiger charge is 2.26. The number of benzene rings is 2. The second kappa shape index (κ2) is 9.75. The summed E-state index contributed by atoms with van der Waals surface area (Å²) in [6.45, 7) is 1.36. The number of rotatable bonds is 7. The Morgan fingerprint density at radius 3 is 2.37 bits per heavy atom. The van der Waals surface area contributed by atoms with Crippen molar-refractivity contribution in [2.24, 2.45) is 0 Å². The summed E-state index contributed by atoms with van der Waals surface area (Å²) < 4.78 is 42.6. The van der Waals surface area contributed by atoms with Gasteiger partial charge in [0.15, 0.2) is 0 Å². The number of nitrogens with zero attached hydrogens (tertiary/aromatic N) is 1. The number of methoxy groups -OCH3 is 2. The van der Waals surface area contributed by atoms with Gasteiger partial charge in [0.05, 0.1) is 32.3 Å². The number of sulfonamides is 1. The van der Waals surface area contributed by atoms with Crippen LogP contribution in [0.3, 0.4) is 0 Å². The van der Waals surface area contributed by atoms with E-state index in [4.69, 9.17) is 14.2 Å². The molecule has 2 aromatic rings. The molecule has 9 heteroatoms. The summed E-state index contributed by atoms with van der Waals surface area (Å²) >= 11 is 0. The molecule has 0 radical (unpaired) electrons. The van der Waals surface area contributed by atoms with Crippen LogP contribution in [0.5, 0.6) is 11.5 Å². The van der Waals surface area contributed by atoms with Gasteiger partial charge in [-0.1, -0.05) is 6.07 Å². The van der Waals surface area contributed by atoms with Gasteiger partial charge in [0.1, 0.15) is 11.5 Å². The van der Waals surface area contributed by atoms with Crippen molar-refractivity contribution in [3.05, 3.63) is 54.1 Å². The lowest BCUT2D eigenvalue weighted by Crippen LogP contribution is -2.40. The fourth-order valence-corrected chi connectivity index (χ4v) is 4.41. The van der Waals surface area contributed by atoms with Gasteiger partial charge in [-0.15, -0.1) is 0 Å². The zero-order valence-corrected chi connectivity index (χ0v) is 17.6. The Kier molecular flexibility index (Phi) is 7.09. The number of nitrogens with one attached hydrogen (secondary N) is 1. The standard InChI is InChI=1S/C21H24N2O6S/c1-27-18-12-16(13-19(15-18)28-2)6-7-21(24)22-17-4-3-5-20(14-17)30(25,26)23-8-10-29-11-9-23/h3-7,12-15H,8-11H2,1-2H3,(H,22,24)/b7-6+. The smallest absolute Gasteiger partial charge is 0.248 e. The van der Waals surface area contributed by atoms with Crippen molar-refractivity contribution in [1.82, 2.24) is 4.31 Å². The van der Waals surface area contributed by atoms with E-state index in [-0.39, 0.29) is 4.90 Å². The predicted octanol–water partition coefficient (Wildman–Crippen LogP) is 2.38. The summed E-state index contributed by atoms with van der Waals surface area (Å²) in [6, 6.07) is 11.5. The van der Waals surface area contributed by atoms with Crippen LogP contribution in [0.2, 0.25) is 0 Å². The van der Waals surface area contributed by atoms with Crippen molar-refractivity contribution < 1.29 is 27.4 Å². The highest BCUT2D eigenvalue weighted by atomic mass is 32.2. The number of hydrogen-bond donors (Lipinski definition) is 1. The highest BCUT2D eigenvalue weighted by molar-refractivity contribution is 7.89. The monoisotopic (exact) mass is 432 g/mol. The second-order valence-corrected chi connectivity index (χ2v) is 8.45. The molecule has 1 heterocycles. The molecule has 1 aliphatic heterocycles. The summed E-state index contributed by atoms with van der Waals surface area (Å²) in [6.07, 6.45) is 2.98. The molecule has 0 atom stereocenters. The second-order valence-electron chi connectivity index (χ2n) is 6.51. The lowest BCUT2D eigenvalue weighted by atomic mass is 10.2. The van der Waals surface area contributed by atoms with E-state index in [9.17, 15) is 13.2 Å². The van der Waals surface area contributed by atoms with Crippen LogP contribution >= 0.6 is 0 Å². The number of ether oxygens (including phenoxy) is 3. The van der Waals surface area contributed by atoms with E-state index in [2.05, 4.69) is 5.32 Å². The molecule has 1 saturated heterocycles. The van der Waals surface area contributed by atoms with Gasteiger partial charge in [-0.25, -0.2) is 8.42 Å². The Labute approximate surface area is 176 Å². The molecule has 8 nitrogen and oxygen atoms in total. The molecule has 0 spiro atoms. The largest absolute Gasteiger partial charge is 0.497 e. The molecule has 0 aromatic heterocycles. The fourth-order valence-electron chi connectivity index (χ4n) is 2.95. The van der Waals surface area contributed by atoms with Crippen LogP contribution in [0.1, 0.15) is 5.56 Å². The Balaban J connectivity index is 1.72. The van der Waals surface area contributed by atoms with Crippen LogP contribution in [-0.4, -0.2) is 59.2 Å². The minimum atomic E-state index is -3.63. The zero-order valence-electron chi connectivity index (χ0n) is 16.8. The summed E-state index contributed by atoms with van der Waals surface area (Å²) in [5, 5.41) is 2.69. The Hall–Kier alpha value is -2.88. The molecule has 30 heavy (non-hydrogen) atoms. The lowest BCUT2D eigenvalue weighted by molar-refractivity contribution is -0.111. The van der Waals surface area contributed by atoms with E-state index in [1.54, 1.807) is 50.6 Å². The highest BCUT2D eigenvalue weighted by Crippen LogP contribution is 2.24. The third kappa shape index (κ3) is 5.38. The third-order valence-corrected chi connectivity index (χ3v) is 6.40. The van der Waals surface area contributed by atoms with Crippen molar-refractivity contribution in [3.8, 4) is 11.5 Å². The van der Waals surface area contributed by atoms with Crippen LogP contribution < -0.4 is 14.8 Å².